The summed E-state index contributed by atoms with van der Waals surface area (Å²) in [5.41, 5.74) is 4.78. The minimum Gasteiger partial charge on any atom is -0.336 e. The van der Waals surface area contributed by atoms with E-state index in [4.69, 9.17) is 0 Å². The highest BCUT2D eigenvalue weighted by molar-refractivity contribution is 5.98. The second kappa shape index (κ2) is 6.04. The predicted octanol–water partition coefficient (Wildman–Crippen LogP) is 3.45. The Morgan fingerprint density at radius 2 is 1.86 bits per heavy atom. The molecule has 1 aromatic carbocycles. The van der Waals surface area contributed by atoms with Gasteiger partial charge in [0.15, 0.2) is 0 Å². The number of hydrogen-bond donors (Lipinski definition) is 0. The molecule has 0 aliphatic carbocycles. The van der Waals surface area contributed by atoms with Crippen LogP contribution in [0.3, 0.4) is 0 Å². The molecule has 3 nitrogen and oxygen atoms in total. The fourth-order valence-electron chi connectivity index (χ4n) is 3.12. The van der Waals surface area contributed by atoms with Gasteiger partial charge in [-0.05, 0) is 56.5 Å². The number of carbonyl (C=O) groups is 1. The SMILES string of the molecule is CC(C)N1CCc2cc(C(C)(C)C)cc(CN(C)C)c2C1=O. The van der Waals surface area contributed by atoms with Gasteiger partial charge in [0.2, 0.25) is 0 Å². The molecule has 0 radical (unpaired) electrons. The number of rotatable bonds is 3. The van der Waals surface area contributed by atoms with Crippen LogP contribution in [-0.2, 0) is 18.4 Å². The van der Waals surface area contributed by atoms with E-state index in [1.54, 1.807) is 0 Å². The average Bonchev–Trinajstić information content (AvgIpc) is 2.36. The van der Waals surface area contributed by atoms with E-state index in [2.05, 4.69) is 65.7 Å². The molecule has 0 fully saturated rings. The van der Waals surface area contributed by atoms with E-state index in [0.29, 0.717) is 0 Å². The van der Waals surface area contributed by atoms with Gasteiger partial charge in [0.1, 0.15) is 0 Å². The topological polar surface area (TPSA) is 23.6 Å². The summed E-state index contributed by atoms with van der Waals surface area (Å²) in [5, 5.41) is 0. The Labute approximate surface area is 135 Å². The molecule has 1 amide bonds. The number of benzene rings is 1. The zero-order valence-electron chi connectivity index (χ0n) is 15.2. The van der Waals surface area contributed by atoms with Crippen LogP contribution >= 0.6 is 0 Å². The highest BCUT2D eigenvalue weighted by Gasteiger charge is 2.30. The van der Waals surface area contributed by atoms with Crippen LogP contribution < -0.4 is 0 Å². The van der Waals surface area contributed by atoms with Gasteiger partial charge in [0, 0.05) is 24.7 Å². The third-order valence-electron chi connectivity index (χ3n) is 4.37. The molecule has 22 heavy (non-hydrogen) atoms. The van der Waals surface area contributed by atoms with E-state index in [9.17, 15) is 4.79 Å². The monoisotopic (exact) mass is 302 g/mol. The van der Waals surface area contributed by atoms with Gasteiger partial charge in [-0.1, -0.05) is 32.9 Å². The maximum atomic E-state index is 12.9. The molecule has 0 bridgehead atoms. The third-order valence-corrected chi connectivity index (χ3v) is 4.37. The summed E-state index contributed by atoms with van der Waals surface area (Å²) in [5.74, 6) is 0.202. The van der Waals surface area contributed by atoms with Crippen molar-refractivity contribution in [3.8, 4) is 0 Å². The predicted molar refractivity (Wildman–Crippen MR) is 92.4 cm³/mol. The molecule has 1 aromatic rings. The van der Waals surface area contributed by atoms with Gasteiger partial charge in [-0.2, -0.15) is 0 Å². The Hall–Kier alpha value is -1.35. The molecule has 0 aromatic heterocycles. The number of hydrogen-bond acceptors (Lipinski definition) is 2. The summed E-state index contributed by atoms with van der Waals surface area (Å²) in [6, 6.07) is 4.75. The lowest BCUT2D eigenvalue weighted by molar-refractivity contribution is 0.0686. The van der Waals surface area contributed by atoms with Crippen molar-refractivity contribution in [1.29, 1.82) is 0 Å². The Balaban J connectivity index is 2.57. The second-order valence-corrected chi connectivity index (χ2v) is 8.00. The van der Waals surface area contributed by atoms with Crippen LogP contribution in [0.5, 0.6) is 0 Å². The molecule has 0 saturated heterocycles. The molecule has 0 spiro atoms. The van der Waals surface area contributed by atoms with Gasteiger partial charge < -0.3 is 9.80 Å². The summed E-state index contributed by atoms with van der Waals surface area (Å²) in [6.45, 7) is 12.5. The largest absolute Gasteiger partial charge is 0.336 e. The first-order valence-electron chi connectivity index (χ1n) is 8.23. The average molecular weight is 302 g/mol. The van der Waals surface area contributed by atoms with Gasteiger partial charge >= 0.3 is 0 Å². The van der Waals surface area contributed by atoms with Crippen LogP contribution in [0.15, 0.2) is 12.1 Å². The van der Waals surface area contributed by atoms with E-state index >= 15 is 0 Å². The van der Waals surface area contributed by atoms with Crippen molar-refractivity contribution in [2.75, 3.05) is 20.6 Å². The van der Waals surface area contributed by atoms with Crippen molar-refractivity contribution in [1.82, 2.24) is 9.80 Å². The fourth-order valence-corrected chi connectivity index (χ4v) is 3.12. The Bertz CT molecular complexity index is 568. The van der Waals surface area contributed by atoms with Crippen LogP contribution in [0.25, 0.3) is 0 Å². The van der Waals surface area contributed by atoms with E-state index < -0.39 is 0 Å². The molecule has 1 aliphatic rings. The molecule has 2 rings (SSSR count). The van der Waals surface area contributed by atoms with E-state index in [1.165, 1.54) is 16.7 Å². The minimum atomic E-state index is 0.105. The lowest BCUT2D eigenvalue weighted by Gasteiger charge is -2.34. The lowest BCUT2D eigenvalue weighted by Crippen LogP contribution is -2.43. The smallest absolute Gasteiger partial charge is 0.254 e. The zero-order valence-corrected chi connectivity index (χ0v) is 15.2. The van der Waals surface area contributed by atoms with Crippen molar-refractivity contribution in [3.05, 3.63) is 34.4 Å². The van der Waals surface area contributed by atoms with Crippen LogP contribution in [0.1, 0.15) is 61.7 Å². The zero-order chi connectivity index (χ0) is 16.7. The van der Waals surface area contributed by atoms with Gasteiger partial charge in [-0.15, -0.1) is 0 Å². The molecule has 0 N–H and O–H groups in total. The van der Waals surface area contributed by atoms with Gasteiger partial charge in [-0.3, -0.25) is 4.79 Å². The Kier molecular flexibility index (Phi) is 4.67. The second-order valence-electron chi connectivity index (χ2n) is 8.00. The summed E-state index contributed by atoms with van der Waals surface area (Å²) >= 11 is 0. The van der Waals surface area contributed by atoms with Crippen LogP contribution in [0, 0.1) is 0 Å². The van der Waals surface area contributed by atoms with Gasteiger partial charge in [-0.25, -0.2) is 0 Å². The van der Waals surface area contributed by atoms with Crippen LogP contribution in [0.2, 0.25) is 0 Å². The van der Waals surface area contributed by atoms with Crippen molar-refractivity contribution in [2.45, 2.75) is 59.0 Å². The third kappa shape index (κ3) is 3.35. The van der Waals surface area contributed by atoms with Gasteiger partial charge in [0.05, 0.1) is 0 Å². The van der Waals surface area contributed by atoms with Crippen molar-refractivity contribution < 1.29 is 4.79 Å². The standard InChI is InChI=1S/C19H30N2O/c1-13(2)21-9-8-14-10-16(19(3,4)5)11-15(12-20(6)7)17(14)18(21)22/h10-11,13H,8-9,12H2,1-7H3. The maximum Gasteiger partial charge on any atom is 0.254 e. The molecule has 3 heteroatoms. The van der Waals surface area contributed by atoms with E-state index in [-0.39, 0.29) is 17.4 Å². The van der Waals surface area contributed by atoms with Gasteiger partial charge in [0.25, 0.3) is 5.91 Å². The number of amides is 1. The molecular formula is C19H30N2O. The Morgan fingerprint density at radius 1 is 1.23 bits per heavy atom. The first-order chi connectivity index (χ1) is 10.1. The highest BCUT2D eigenvalue weighted by atomic mass is 16.2. The van der Waals surface area contributed by atoms with Crippen molar-refractivity contribution >= 4 is 5.91 Å². The highest BCUT2D eigenvalue weighted by Crippen LogP contribution is 2.31. The summed E-state index contributed by atoms with van der Waals surface area (Å²) in [7, 11) is 4.12. The summed E-state index contributed by atoms with van der Waals surface area (Å²) in [4.78, 5) is 17.1. The molecule has 1 aliphatic heterocycles. The molecule has 122 valence electrons. The Morgan fingerprint density at radius 3 is 2.36 bits per heavy atom. The van der Waals surface area contributed by atoms with E-state index in [0.717, 1.165) is 25.1 Å². The lowest BCUT2D eigenvalue weighted by atomic mass is 9.81. The van der Waals surface area contributed by atoms with Crippen molar-refractivity contribution in [3.63, 3.8) is 0 Å². The fraction of sp³-hybridized carbons (Fsp3) is 0.632. The van der Waals surface area contributed by atoms with Crippen LogP contribution in [0.4, 0.5) is 0 Å². The first kappa shape index (κ1) is 17.0. The molecule has 1 heterocycles. The van der Waals surface area contributed by atoms with Crippen LogP contribution in [-0.4, -0.2) is 42.4 Å². The molecule has 0 saturated carbocycles. The number of fused-ring (bicyclic) bond motifs is 1. The minimum absolute atomic E-state index is 0.105. The summed E-state index contributed by atoms with van der Waals surface area (Å²) in [6.07, 6.45) is 0.962. The summed E-state index contributed by atoms with van der Waals surface area (Å²) < 4.78 is 0. The first-order valence-corrected chi connectivity index (χ1v) is 8.23. The molecule has 0 unspecified atom stereocenters. The normalized spacial score (nSPS) is 15.7. The maximum absolute atomic E-state index is 12.9. The number of nitrogens with zero attached hydrogens (tertiary/aromatic N) is 2. The quantitative estimate of drug-likeness (QED) is 0.854. The molecular weight excluding hydrogens is 272 g/mol. The van der Waals surface area contributed by atoms with Crippen molar-refractivity contribution in [2.24, 2.45) is 0 Å². The number of carbonyl (C=O) groups excluding carboxylic acids is 1. The molecule has 0 atom stereocenters. The van der Waals surface area contributed by atoms with E-state index in [1.807, 2.05) is 4.90 Å².